The highest BCUT2D eigenvalue weighted by Gasteiger charge is 2.37. The summed E-state index contributed by atoms with van der Waals surface area (Å²) >= 11 is 0. The molecule has 2 heterocycles. The molecule has 0 fully saturated rings. The van der Waals surface area contributed by atoms with Crippen LogP contribution in [0.25, 0.3) is 4.85 Å². The summed E-state index contributed by atoms with van der Waals surface area (Å²) in [6.07, 6.45) is 0. The van der Waals surface area contributed by atoms with Crippen LogP contribution in [0.4, 0.5) is 17.1 Å². The van der Waals surface area contributed by atoms with Gasteiger partial charge in [0.2, 0.25) is 0 Å². The van der Waals surface area contributed by atoms with E-state index in [0.717, 1.165) is 9.80 Å². The fourth-order valence-corrected chi connectivity index (χ4v) is 4.61. The van der Waals surface area contributed by atoms with Crippen molar-refractivity contribution < 1.29 is 19.2 Å². The van der Waals surface area contributed by atoms with E-state index >= 15 is 0 Å². The Morgan fingerprint density at radius 3 is 1.38 bits per heavy atom. The van der Waals surface area contributed by atoms with Crippen LogP contribution >= 0.6 is 0 Å². The van der Waals surface area contributed by atoms with Gasteiger partial charge in [0.15, 0.2) is 5.69 Å². The number of hydrogen-bond acceptors (Lipinski definition) is 5. The van der Waals surface area contributed by atoms with Crippen molar-refractivity contribution in [2.24, 2.45) is 0 Å². The van der Waals surface area contributed by atoms with Crippen LogP contribution in [0.5, 0.6) is 0 Å². The molecular weight excluding hydrogens is 504 g/mol. The van der Waals surface area contributed by atoms with Crippen molar-refractivity contribution >= 4 is 40.7 Å². The van der Waals surface area contributed by atoms with Gasteiger partial charge in [-0.15, -0.1) is 0 Å². The van der Waals surface area contributed by atoms with E-state index in [0.29, 0.717) is 33.8 Å². The Labute approximate surface area is 228 Å². The van der Waals surface area contributed by atoms with E-state index in [1.807, 2.05) is 6.07 Å². The quantitative estimate of drug-likeness (QED) is 0.208. The third kappa shape index (κ3) is 3.80. The number of benzene rings is 4. The molecule has 0 saturated carbocycles. The van der Waals surface area contributed by atoms with Crippen molar-refractivity contribution in [3.05, 3.63) is 135 Å². The predicted octanol–water partition coefficient (Wildman–Crippen LogP) is 5.11. The molecule has 0 N–H and O–H groups in total. The normalized spacial score (nSPS) is 13.3. The SMILES string of the molecule is [C-]#[N+]c1ccc(N2C(=O)c3ccc(C#Cc4ccc5c(c4)C(=O)N(c4ccc(C#N)cc4)C5=O)cc3C2=O)cc1. The third-order valence-electron chi connectivity index (χ3n) is 6.62. The number of rotatable bonds is 2. The zero-order valence-electron chi connectivity index (χ0n) is 20.5. The van der Waals surface area contributed by atoms with E-state index < -0.39 is 23.6 Å². The summed E-state index contributed by atoms with van der Waals surface area (Å²) in [4.78, 5) is 57.4. The van der Waals surface area contributed by atoms with Gasteiger partial charge in [-0.25, -0.2) is 14.6 Å². The Morgan fingerprint density at radius 2 is 0.950 bits per heavy atom. The Morgan fingerprint density at radius 1 is 0.550 bits per heavy atom. The Kier molecular flexibility index (Phi) is 5.55. The summed E-state index contributed by atoms with van der Waals surface area (Å²) in [6.45, 7) is 7.07. The van der Waals surface area contributed by atoms with E-state index in [2.05, 4.69) is 16.7 Å². The summed E-state index contributed by atoms with van der Waals surface area (Å²) in [7, 11) is 0. The molecule has 4 amide bonds. The second-order valence-corrected chi connectivity index (χ2v) is 8.95. The first-order valence-electron chi connectivity index (χ1n) is 11.9. The van der Waals surface area contributed by atoms with Gasteiger partial charge in [-0.3, -0.25) is 19.2 Å². The first-order valence-corrected chi connectivity index (χ1v) is 11.9. The van der Waals surface area contributed by atoms with Gasteiger partial charge in [0.25, 0.3) is 23.6 Å². The summed E-state index contributed by atoms with van der Waals surface area (Å²) in [6, 6.07) is 23.8. The zero-order valence-corrected chi connectivity index (χ0v) is 20.5. The number of anilines is 2. The lowest BCUT2D eigenvalue weighted by atomic mass is 10.0. The Bertz CT molecular complexity index is 1810. The number of hydrogen-bond donors (Lipinski definition) is 0. The number of fused-ring (bicyclic) bond motifs is 2. The molecule has 4 aromatic rings. The Balaban J connectivity index is 1.26. The maximum absolute atomic E-state index is 13.1. The number of carbonyl (C=O) groups excluding carboxylic acids is 4. The molecule has 0 bridgehead atoms. The van der Waals surface area contributed by atoms with E-state index in [1.165, 1.54) is 12.1 Å². The number of amides is 4. The highest BCUT2D eigenvalue weighted by atomic mass is 16.2. The third-order valence-corrected chi connectivity index (χ3v) is 6.62. The summed E-state index contributed by atoms with van der Waals surface area (Å²) < 4.78 is 0. The lowest BCUT2D eigenvalue weighted by molar-refractivity contribution is 0.0910. The van der Waals surface area contributed by atoms with Crippen LogP contribution < -0.4 is 9.80 Å². The van der Waals surface area contributed by atoms with Gasteiger partial charge in [-0.05, 0) is 72.8 Å². The van der Waals surface area contributed by atoms with Gasteiger partial charge >= 0.3 is 0 Å². The van der Waals surface area contributed by atoms with Gasteiger partial charge in [0.05, 0.1) is 46.1 Å². The number of nitrogens with zero attached hydrogens (tertiary/aromatic N) is 4. The molecule has 2 aliphatic rings. The topological polar surface area (TPSA) is 103 Å². The van der Waals surface area contributed by atoms with Crippen LogP contribution in [-0.4, -0.2) is 23.6 Å². The summed E-state index contributed by atoms with van der Waals surface area (Å²) in [5.41, 5.74) is 3.49. The maximum Gasteiger partial charge on any atom is 0.266 e. The minimum Gasteiger partial charge on any atom is -0.268 e. The molecule has 0 unspecified atom stereocenters. The largest absolute Gasteiger partial charge is 0.268 e. The molecule has 6 rings (SSSR count). The molecule has 186 valence electrons. The standard InChI is InChI=1S/C32H14N4O4/c1-34-22-8-12-24(13-9-22)36-30(38)26-15-7-20(17-28(26)32(36)40)3-2-19-6-14-25-27(16-19)31(39)35(29(25)37)23-10-4-21(18-33)5-11-23/h4-17H. The highest BCUT2D eigenvalue weighted by Crippen LogP contribution is 2.31. The van der Waals surface area contributed by atoms with Crippen molar-refractivity contribution in [3.8, 4) is 17.9 Å². The van der Waals surface area contributed by atoms with Crippen LogP contribution in [0.1, 0.15) is 58.1 Å². The number of carbonyl (C=O) groups is 4. The molecule has 4 aromatic carbocycles. The van der Waals surface area contributed by atoms with Crippen molar-refractivity contribution in [2.45, 2.75) is 0 Å². The molecule has 40 heavy (non-hydrogen) atoms. The molecule has 2 aliphatic heterocycles. The lowest BCUT2D eigenvalue weighted by Crippen LogP contribution is -2.29. The predicted molar refractivity (Wildman–Crippen MR) is 145 cm³/mol. The van der Waals surface area contributed by atoms with E-state index in [1.54, 1.807) is 72.8 Å². The molecule has 0 saturated heterocycles. The fourth-order valence-electron chi connectivity index (χ4n) is 4.61. The lowest BCUT2D eigenvalue weighted by Gasteiger charge is -2.13. The van der Waals surface area contributed by atoms with Crippen molar-refractivity contribution in [1.82, 2.24) is 0 Å². The maximum atomic E-state index is 13.1. The first kappa shape index (κ1) is 24.1. The Hall–Kier alpha value is -6.30. The molecule has 0 radical (unpaired) electrons. The average molecular weight is 518 g/mol. The van der Waals surface area contributed by atoms with Crippen molar-refractivity contribution in [2.75, 3.05) is 9.80 Å². The van der Waals surface area contributed by atoms with Crippen molar-refractivity contribution in [3.63, 3.8) is 0 Å². The zero-order chi connectivity index (χ0) is 28.0. The van der Waals surface area contributed by atoms with E-state index in [9.17, 15) is 19.2 Å². The van der Waals surface area contributed by atoms with Gasteiger partial charge in [-0.1, -0.05) is 24.0 Å². The van der Waals surface area contributed by atoms with Crippen LogP contribution in [-0.2, 0) is 0 Å². The second-order valence-electron chi connectivity index (χ2n) is 8.95. The second kappa shape index (κ2) is 9.22. The molecule has 0 atom stereocenters. The first-order chi connectivity index (χ1) is 19.4. The van der Waals surface area contributed by atoms with Crippen LogP contribution in [0.15, 0.2) is 84.9 Å². The molecule has 8 heteroatoms. The minimum atomic E-state index is -0.487. The van der Waals surface area contributed by atoms with E-state index in [-0.39, 0.29) is 22.3 Å². The molecule has 0 spiro atoms. The smallest absolute Gasteiger partial charge is 0.266 e. The number of nitriles is 1. The van der Waals surface area contributed by atoms with Gasteiger partial charge in [-0.2, -0.15) is 5.26 Å². The van der Waals surface area contributed by atoms with Crippen LogP contribution in [0.3, 0.4) is 0 Å². The van der Waals surface area contributed by atoms with Crippen LogP contribution in [0.2, 0.25) is 0 Å². The van der Waals surface area contributed by atoms with E-state index in [4.69, 9.17) is 11.8 Å². The van der Waals surface area contributed by atoms with Crippen molar-refractivity contribution in [1.29, 1.82) is 5.26 Å². The number of imide groups is 2. The minimum absolute atomic E-state index is 0.218. The molecule has 0 aliphatic carbocycles. The summed E-state index contributed by atoms with van der Waals surface area (Å²) in [5, 5.41) is 9.00. The molecule has 0 aromatic heterocycles. The molecule has 8 nitrogen and oxygen atoms in total. The van der Waals surface area contributed by atoms with Gasteiger partial charge in [0.1, 0.15) is 0 Å². The fraction of sp³-hybridized carbons (Fsp3) is 0. The van der Waals surface area contributed by atoms with Gasteiger partial charge < -0.3 is 0 Å². The summed E-state index contributed by atoms with van der Waals surface area (Å²) in [5.74, 6) is 4.04. The van der Waals surface area contributed by atoms with Gasteiger partial charge in [0, 0.05) is 16.8 Å². The molecular formula is C32H14N4O4. The highest BCUT2D eigenvalue weighted by molar-refractivity contribution is 6.35. The monoisotopic (exact) mass is 518 g/mol. The van der Waals surface area contributed by atoms with Crippen LogP contribution in [0, 0.1) is 29.7 Å². The average Bonchev–Trinajstić information content (AvgIpc) is 3.39.